The number of rotatable bonds is 7. The van der Waals surface area contributed by atoms with Crippen molar-refractivity contribution >= 4 is 50.1 Å². The molecule has 0 bridgehead atoms. The Labute approximate surface area is 188 Å². The first-order valence-corrected chi connectivity index (χ1v) is 15.7. The number of carbonyl (C=O) groups excluding carboxylic acids is 2. The normalized spacial score (nSPS) is 22.2. The molecule has 0 heterocycles. The molecule has 12 nitrogen and oxygen atoms in total. The summed E-state index contributed by atoms with van der Waals surface area (Å²) in [5, 5.41) is -2.89. The highest BCUT2D eigenvalue weighted by molar-refractivity contribution is 8.18. The fourth-order valence-electron chi connectivity index (χ4n) is 4.21. The van der Waals surface area contributed by atoms with Gasteiger partial charge in [-0.05, 0) is 25.7 Å². The fourth-order valence-corrected chi connectivity index (χ4v) is 12.3. The van der Waals surface area contributed by atoms with Crippen molar-refractivity contribution in [2.24, 2.45) is 0 Å². The van der Waals surface area contributed by atoms with Crippen molar-refractivity contribution in [3.05, 3.63) is 0 Å². The van der Waals surface area contributed by atoms with Crippen LogP contribution >= 0.6 is 0 Å². The molecule has 0 aromatic carbocycles. The van der Waals surface area contributed by atoms with Crippen LogP contribution in [0.3, 0.4) is 0 Å². The Morgan fingerprint density at radius 1 is 0.531 bits per heavy atom. The number of sulfone groups is 2. The molecule has 2 saturated carbocycles. The van der Waals surface area contributed by atoms with Crippen LogP contribution in [-0.2, 0) is 58.2 Å². The molecule has 0 spiro atoms. The number of hydrogen-bond donors (Lipinski definition) is 0. The van der Waals surface area contributed by atoms with E-state index in [1.54, 1.807) is 0 Å². The zero-order valence-electron chi connectivity index (χ0n) is 17.6. The summed E-state index contributed by atoms with van der Waals surface area (Å²) in [5.74, 6) is 0. The average molecular weight is 539 g/mol. The molecule has 186 valence electrons. The number of hydrogen-bond acceptors (Lipinski definition) is 12. The molecule has 2 fully saturated rings. The summed E-state index contributed by atoms with van der Waals surface area (Å²) in [6, 6.07) is 0. The zero-order chi connectivity index (χ0) is 24.6. The van der Waals surface area contributed by atoms with Gasteiger partial charge in [-0.25, -0.2) is 16.8 Å². The van der Waals surface area contributed by atoms with E-state index in [0.29, 0.717) is 26.7 Å². The highest BCUT2D eigenvalue weighted by Crippen LogP contribution is 2.44. The molecular weight excluding hydrogens is 512 g/mol. The standard InChI is InChI=1S/C16H26O12S4/c1-13(17)29(19,20)15(9-5-3-6-10-15)31(23,24)27-28-32(25,26)16(11-7-4-8-12-16)30(21,22)14(2)18/h3-12H2,1-2H3. The maximum Gasteiger partial charge on any atom is 0.315 e. The highest BCUT2D eigenvalue weighted by Gasteiger charge is 2.62. The molecule has 2 aliphatic rings. The summed E-state index contributed by atoms with van der Waals surface area (Å²) in [6.07, 6.45) is -0.762. The van der Waals surface area contributed by atoms with Crippen molar-refractivity contribution in [2.45, 2.75) is 86.2 Å². The largest absolute Gasteiger partial charge is 0.315 e. The van der Waals surface area contributed by atoms with Crippen LogP contribution < -0.4 is 0 Å². The van der Waals surface area contributed by atoms with Crippen molar-refractivity contribution in [1.82, 2.24) is 0 Å². The maximum atomic E-state index is 12.9. The molecule has 0 atom stereocenters. The third kappa shape index (κ3) is 4.17. The Hall–Kier alpha value is -0.940. The van der Waals surface area contributed by atoms with Gasteiger partial charge in [0.2, 0.25) is 38.1 Å². The maximum absolute atomic E-state index is 12.9. The molecule has 0 radical (unpaired) electrons. The smallest absolute Gasteiger partial charge is 0.282 e. The van der Waals surface area contributed by atoms with Crippen LogP contribution in [0.1, 0.15) is 78.1 Å². The van der Waals surface area contributed by atoms with Crippen molar-refractivity contribution in [3.8, 4) is 0 Å². The molecule has 0 aromatic rings. The third-order valence-electron chi connectivity index (χ3n) is 6.09. The Balaban J connectivity index is 2.51. The van der Waals surface area contributed by atoms with Crippen molar-refractivity contribution < 1.29 is 51.9 Å². The van der Waals surface area contributed by atoms with Crippen LogP contribution in [0.5, 0.6) is 0 Å². The minimum Gasteiger partial charge on any atom is -0.282 e. The van der Waals surface area contributed by atoms with E-state index in [9.17, 15) is 43.3 Å². The molecule has 0 amide bonds. The van der Waals surface area contributed by atoms with E-state index in [4.69, 9.17) is 0 Å². The molecular formula is C16H26O12S4. The monoisotopic (exact) mass is 538 g/mol. The minimum atomic E-state index is -5.40. The van der Waals surface area contributed by atoms with E-state index in [2.05, 4.69) is 8.67 Å². The van der Waals surface area contributed by atoms with Gasteiger partial charge >= 0.3 is 20.2 Å². The molecule has 16 heteroatoms. The van der Waals surface area contributed by atoms with Gasteiger partial charge in [0.25, 0.3) is 0 Å². The summed E-state index contributed by atoms with van der Waals surface area (Å²) in [7, 11) is -20.7. The lowest BCUT2D eigenvalue weighted by Gasteiger charge is -2.35. The second kappa shape index (κ2) is 9.02. The van der Waals surface area contributed by atoms with Crippen LogP contribution in [0.2, 0.25) is 0 Å². The number of carbonyl (C=O) groups is 2. The van der Waals surface area contributed by atoms with E-state index < -0.39 is 84.0 Å². The topological polar surface area (TPSA) is 189 Å². The molecule has 0 unspecified atom stereocenters. The van der Waals surface area contributed by atoms with Gasteiger partial charge in [-0.3, -0.25) is 9.59 Å². The molecule has 0 saturated heterocycles. The van der Waals surface area contributed by atoms with Gasteiger partial charge in [0.15, 0.2) is 0 Å². The zero-order valence-corrected chi connectivity index (χ0v) is 20.9. The van der Waals surface area contributed by atoms with Crippen LogP contribution in [0.15, 0.2) is 0 Å². The average Bonchev–Trinajstić information content (AvgIpc) is 2.72. The van der Waals surface area contributed by atoms with Gasteiger partial charge in [0.05, 0.1) is 0 Å². The predicted molar refractivity (Wildman–Crippen MR) is 111 cm³/mol. The Kier molecular flexibility index (Phi) is 7.69. The second-order valence-corrected chi connectivity index (χ2v) is 16.9. The van der Waals surface area contributed by atoms with E-state index in [1.165, 1.54) is 0 Å². The lowest BCUT2D eigenvalue weighted by molar-refractivity contribution is -0.111. The highest BCUT2D eigenvalue weighted by atomic mass is 32.3. The second-order valence-electron chi connectivity index (χ2n) is 7.98. The predicted octanol–water partition coefficient (Wildman–Crippen LogP) is 0.838. The van der Waals surface area contributed by atoms with Gasteiger partial charge in [0.1, 0.15) is 0 Å². The molecule has 32 heavy (non-hydrogen) atoms. The van der Waals surface area contributed by atoms with Crippen molar-refractivity contribution in [1.29, 1.82) is 0 Å². The lowest BCUT2D eigenvalue weighted by atomic mass is 10.00. The third-order valence-corrected chi connectivity index (χ3v) is 16.1. The quantitative estimate of drug-likeness (QED) is 0.328. The molecule has 0 aromatic heterocycles. The fraction of sp³-hybridized carbons (Fsp3) is 0.875. The van der Waals surface area contributed by atoms with Gasteiger partial charge in [-0.15, -0.1) is 0 Å². The van der Waals surface area contributed by atoms with Crippen LogP contribution in [0.25, 0.3) is 0 Å². The van der Waals surface area contributed by atoms with Crippen LogP contribution in [0, 0.1) is 0 Å². The van der Waals surface area contributed by atoms with Crippen LogP contribution in [0.4, 0.5) is 0 Å². The minimum absolute atomic E-state index is 0.102. The Bertz CT molecular complexity index is 1090. The van der Waals surface area contributed by atoms with E-state index in [0.717, 1.165) is 0 Å². The summed E-state index contributed by atoms with van der Waals surface area (Å²) in [5.41, 5.74) is 0. The summed E-state index contributed by atoms with van der Waals surface area (Å²) >= 11 is 0. The first kappa shape index (κ1) is 27.3. The summed E-state index contributed by atoms with van der Waals surface area (Å²) in [6.45, 7) is 1.32. The van der Waals surface area contributed by atoms with Crippen LogP contribution in [-0.4, -0.2) is 52.1 Å². The first-order valence-electron chi connectivity index (χ1n) is 9.88. The summed E-state index contributed by atoms with van der Waals surface area (Å²) in [4.78, 5) is 23.5. The molecule has 2 aliphatic carbocycles. The molecule has 0 N–H and O–H groups in total. The van der Waals surface area contributed by atoms with Gasteiger partial charge in [0, 0.05) is 13.8 Å². The van der Waals surface area contributed by atoms with Gasteiger partial charge in [-0.1, -0.05) is 47.2 Å². The lowest BCUT2D eigenvalue weighted by Crippen LogP contribution is -2.53. The summed E-state index contributed by atoms with van der Waals surface area (Å²) < 4.78 is 105. The van der Waals surface area contributed by atoms with E-state index in [-0.39, 0.29) is 25.7 Å². The molecule has 2 rings (SSSR count). The van der Waals surface area contributed by atoms with E-state index >= 15 is 0 Å². The molecule has 0 aliphatic heterocycles. The SMILES string of the molecule is CC(=O)S(=O)(=O)C1(S(=O)(=O)OOS(=O)(=O)C2(S(=O)(=O)C(C)=O)CCCCC2)CCCCC1. The van der Waals surface area contributed by atoms with Crippen molar-refractivity contribution in [2.75, 3.05) is 0 Å². The Morgan fingerprint density at radius 2 is 0.781 bits per heavy atom. The Morgan fingerprint density at radius 3 is 1.00 bits per heavy atom. The van der Waals surface area contributed by atoms with Gasteiger partial charge < -0.3 is 0 Å². The van der Waals surface area contributed by atoms with Gasteiger partial charge in [-0.2, -0.15) is 16.8 Å². The van der Waals surface area contributed by atoms with E-state index in [1.807, 2.05) is 0 Å². The van der Waals surface area contributed by atoms with Crippen molar-refractivity contribution in [3.63, 3.8) is 0 Å². The first-order chi connectivity index (χ1) is 14.5.